The van der Waals surface area contributed by atoms with E-state index in [1.54, 1.807) is 7.11 Å². The number of epoxide rings is 1. The molecule has 0 aliphatic carbocycles. The Bertz CT molecular complexity index is 511. The minimum Gasteiger partial charge on any atom is -0.497 e. The number of aromatic amines is 1. The molecule has 3 heteroatoms. The average Bonchev–Trinajstić information content (AvgIpc) is 2.85. The van der Waals surface area contributed by atoms with Crippen LogP contribution in [0.4, 0.5) is 0 Å². The van der Waals surface area contributed by atoms with E-state index in [2.05, 4.69) is 24.0 Å². The molecule has 2 aromatic rings. The molecule has 0 saturated carbocycles. The number of methoxy groups -OCH3 is 1. The van der Waals surface area contributed by atoms with Gasteiger partial charge in [0.15, 0.2) is 0 Å². The van der Waals surface area contributed by atoms with E-state index in [4.69, 9.17) is 9.47 Å². The molecule has 1 fully saturated rings. The van der Waals surface area contributed by atoms with Crippen molar-refractivity contribution in [2.24, 2.45) is 0 Å². The van der Waals surface area contributed by atoms with Gasteiger partial charge in [0.1, 0.15) is 11.4 Å². The number of benzene rings is 1. The minimum absolute atomic E-state index is 0.0910. The summed E-state index contributed by atoms with van der Waals surface area (Å²) in [5.74, 6) is 0.873. The normalized spacial score (nSPS) is 24.4. The molecule has 0 radical (unpaired) electrons. The summed E-state index contributed by atoms with van der Waals surface area (Å²) in [5.41, 5.74) is 2.15. The van der Waals surface area contributed by atoms with Crippen LogP contribution in [0.5, 0.6) is 5.75 Å². The third kappa shape index (κ3) is 1.31. The van der Waals surface area contributed by atoms with E-state index in [0.717, 1.165) is 23.6 Å². The van der Waals surface area contributed by atoms with Crippen molar-refractivity contribution in [2.75, 3.05) is 13.7 Å². The summed E-state index contributed by atoms with van der Waals surface area (Å²) in [6, 6.07) is 8.17. The SMILES string of the molecule is COc1ccc2cc(C3(C)CO3)[nH]c2c1. The maximum atomic E-state index is 5.41. The number of nitrogens with one attached hydrogen (secondary N) is 1. The van der Waals surface area contributed by atoms with Crippen LogP contribution in [0.15, 0.2) is 24.3 Å². The lowest BCUT2D eigenvalue weighted by molar-refractivity contribution is 0.325. The first-order chi connectivity index (χ1) is 7.21. The Hall–Kier alpha value is -1.48. The van der Waals surface area contributed by atoms with Gasteiger partial charge in [0.2, 0.25) is 0 Å². The number of rotatable bonds is 2. The summed E-state index contributed by atoms with van der Waals surface area (Å²) >= 11 is 0. The third-order valence-corrected chi connectivity index (χ3v) is 2.98. The molecule has 0 spiro atoms. The molecule has 1 aromatic carbocycles. The Morgan fingerprint density at radius 3 is 2.87 bits per heavy atom. The molecule has 1 aliphatic heterocycles. The van der Waals surface area contributed by atoms with Crippen LogP contribution in [-0.4, -0.2) is 18.7 Å². The first-order valence-corrected chi connectivity index (χ1v) is 5.02. The van der Waals surface area contributed by atoms with Gasteiger partial charge in [-0.1, -0.05) is 0 Å². The van der Waals surface area contributed by atoms with Gasteiger partial charge in [-0.25, -0.2) is 0 Å². The zero-order chi connectivity index (χ0) is 10.5. The molecule has 1 unspecified atom stereocenters. The van der Waals surface area contributed by atoms with Gasteiger partial charge in [-0.15, -0.1) is 0 Å². The molecule has 3 rings (SSSR count). The van der Waals surface area contributed by atoms with Crippen molar-refractivity contribution in [1.29, 1.82) is 0 Å². The number of H-pyrrole nitrogens is 1. The molecule has 15 heavy (non-hydrogen) atoms. The lowest BCUT2D eigenvalue weighted by Gasteiger charge is -1.99. The van der Waals surface area contributed by atoms with Crippen LogP contribution in [-0.2, 0) is 10.3 Å². The van der Waals surface area contributed by atoms with Crippen molar-refractivity contribution in [3.05, 3.63) is 30.0 Å². The first-order valence-electron chi connectivity index (χ1n) is 5.02. The number of fused-ring (bicyclic) bond motifs is 1. The monoisotopic (exact) mass is 203 g/mol. The summed E-state index contributed by atoms with van der Waals surface area (Å²) < 4.78 is 10.6. The van der Waals surface area contributed by atoms with Gasteiger partial charge in [0.25, 0.3) is 0 Å². The molecule has 78 valence electrons. The second-order valence-electron chi connectivity index (χ2n) is 4.16. The minimum atomic E-state index is -0.0910. The first kappa shape index (κ1) is 8.80. The van der Waals surface area contributed by atoms with Crippen molar-refractivity contribution in [3.63, 3.8) is 0 Å². The Kier molecular flexibility index (Phi) is 1.62. The van der Waals surface area contributed by atoms with E-state index in [0.29, 0.717) is 0 Å². The van der Waals surface area contributed by atoms with Crippen LogP contribution in [0.25, 0.3) is 10.9 Å². The highest BCUT2D eigenvalue weighted by Crippen LogP contribution is 2.38. The molecule has 3 nitrogen and oxygen atoms in total. The topological polar surface area (TPSA) is 37.5 Å². The fourth-order valence-corrected chi connectivity index (χ4v) is 1.78. The van der Waals surface area contributed by atoms with E-state index >= 15 is 0 Å². The van der Waals surface area contributed by atoms with Gasteiger partial charge < -0.3 is 14.5 Å². The van der Waals surface area contributed by atoms with Crippen molar-refractivity contribution >= 4 is 10.9 Å². The lowest BCUT2D eigenvalue weighted by Crippen LogP contribution is -2.01. The fraction of sp³-hybridized carbons (Fsp3) is 0.333. The van der Waals surface area contributed by atoms with Gasteiger partial charge in [0.05, 0.1) is 19.4 Å². The molecule has 1 aliphatic rings. The summed E-state index contributed by atoms with van der Waals surface area (Å²) in [7, 11) is 1.68. The maximum absolute atomic E-state index is 5.41. The number of ether oxygens (including phenoxy) is 2. The van der Waals surface area contributed by atoms with Crippen LogP contribution in [0.2, 0.25) is 0 Å². The van der Waals surface area contributed by atoms with Gasteiger partial charge in [0, 0.05) is 17.0 Å². The zero-order valence-corrected chi connectivity index (χ0v) is 8.83. The molecule has 1 aromatic heterocycles. The summed E-state index contributed by atoms with van der Waals surface area (Å²) in [5, 5.41) is 1.20. The second kappa shape index (κ2) is 2.76. The Labute approximate surface area is 88.0 Å². The molecule has 0 bridgehead atoms. The molecule has 1 saturated heterocycles. The fourth-order valence-electron chi connectivity index (χ4n) is 1.78. The largest absolute Gasteiger partial charge is 0.497 e. The van der Waals surface area contributed by atoms with Gasteiger partial charge in [-0.3, -0.25) is 0 Å². The van der Waals surface area contributed by atoms with Crippen LogP contribution >= 0.6 is 0 Å². The smallest absolute Gasteiger partial charge is 0.128 e. The maximum Gasteiger partial charge on any atom is 0.128 e. The molecule has 2 heterocycles. The highest BCUT2D eigenvalue weighted by Gasteiger charge is 2.42. The van der Waals surface area contributed by atoms with Crippen molar-refractivity contribution in [2.45, 2.75) is 12.5 Å². The molecule has 0 amide bonds. The van der Waals surface area contributed by atoms with Gasteiger partial charge in [-0.2, -0.15) is 0 Å². The predicted octanol–water partition coefficient (Wildman–Crippen LogP) is 2.42. The Morgan fingerprint density at radius 2 is 2.20 bits per heavy atom. The summed E-state index contributed by atoms with van der Waals surface area (Å²) in [4.78, 5) is 3.37. The predicted molar refractivity (Wildman–Crippen MR) is 58.2 cm³/mol. The van der Waals surface area contributed by atoms with Gasteiger partial charge in [-0.05, 0) is 25.1 Å². The van der Waals surface area contributed by atoms with Crippen LogP contribution < -0.4 is 4.74 Å². The average molecular weight is 203 g/mol. The van der Waals surface area contributed by atoms with Crippen molar-refractivity contribution in [3.8, 4) is 5.75 Å². The van der Waals surface area contributed by atoms with E-state index in [1.165, 1.54) is 5.39 Å². The van der Waals surface area contributed by atoms with E-state index in [-0.39, 0.29) is 5.60 Å². The second-order valence-corrected chi connectivity index (χ2v) is 4.16. The summed E-state index contributed by atoms with van der Waals surface area (Å²) in [6.45, 7) is 2.89. The number of hydrogen-bond acceptors (Lipinski definition) is 2. The van der Waals surface area contributed by atoms with Crippen LogP contribution in [0.3, 0.4) is 0 Å². The van der Waals surface area contributed by atoms with Crippen LogP contribution in [0.1, 0.15) is 12.6 Å². The standard InChI is InChI=1S/C12H13NO2/c1-12(7-15-12)11-5-8-3-4-9(14-2)6-10(8)13-11/h3-6,13H,7H2,1-2H3. The molecule has 1 N–H and O–H groups in total. The number of hydrogen-bond donors (Lipinski definition) is 1. The van der Waals surface area contributed by atoms with E-state index < -0.39 is 0 Å². The van der Waals surface area contributed by atoms with Gasteiger partial charge >= 0.3 is 0 Å². The highest BCUT2D eigenvalue weighted by atomic mass is 16.6. The molecule has 1 atom stereocenters. The zero-order valence-electron chi connectivity index (χ0n) is 8.83. The van der Waals surface area contributed by atoms with E-state index in [9.17, 15) is 0 Å². The Balaban J connectivity index is 2.13. The molecular formula is C12H13NO2. The molecular weight excluding hydrogens is 190 g/mol. The third-order valence-electron chi connectivity index (χ3n) is 2.98. The highest BCUT2D eigenvalue weighted by molar-refractivity contribution is 5.82. The quantitative estimate of drug-likeness (QED) is 0.761. The van der Waals surface area contributed by atoms with E-state index in [1.807, 2.05) is 12.1 Å². The van der Waals surface area contributed by atoms with Crippen LogP contribution in [0, 0.1) is 0 Å². The Morgan fingerprint density at radius 1 is 1.40 bits per heavy atom. The summed E-state index contributed by atoms with van der Waals surface area (Å²) in [6.07, 6.45) is 0. The van der Waals surface area contributed by atoms with Crippen molar-refractivity contribution < 1.29 is 9.47 Å². The van der Waals surface area contributed by atoms with Crippen molar-refractivity contribution in [1.82, 2.24) is 4.98 Å². The number of aromatic nitrogens is 1. The lowest BCUT2D eigenvalue weighted by atomic mass is 10.1.